The first-order valence-corrected chi connectivity index (χ1v) is 6.92. The number of thiocarbonyl (C=S) groups is 1. The third-order valence-corrected chi connectivity index (χ3v) is 3.76. The first kappa shape index (κ1) is 13.1. The van der Waals surface area contributed by atoms with Gasteiger partial charge in [-0.05, 0) is 37.7 Å². The first-order chi connectivity index (χ1) is 9.58. The molecule has 0 aromatic rings. The molecule has 0 radical (unpaired) electrons. The number of fused-ring (bicyclic) bond motifs is 1. The molecule has 6 heteroatoms. The maximum absolute atomic E-state index is 12.3. The van der Waals surface area contributed by atoms with Crippen LogP contribution in [0, 0.1) is 5.92 Å². The van der Waals surface area contributed by atoms with E-state index in [2.05, 4.69) is 10.3 Å². The Hall–Kier alpha value is -1.95. The molecule has 1 amide bonds. The summed E-state index contributed by atoms with van der Waals surface area (Å²) >= 11 is 5.10. The molecule has 3 aliphatic rings. The highest BCUT2D eigenvalue weighted by Gasteiger charge is 2.36. The highest BCUT2D eigenvalue weighted by atomic mass is 32.1. The Kier molecular flexibility index (Phi) is 3.17. The standard InChI is InChI=1S/C14H15N3O2S/c1-8(2)17-13(18)12(19-14(17)20)5-9-6-16-11-7-15-4-3-10(9)11/h3-8,10-11,16H,1-2H3/b12-5-. The maximum atomic E-state index is 12.3. The first-order valence-electron chi connectivity index (χ1n) is 6.51. The number of nitrogens with zero attached hydrogens (tertiary/aromatic N) is 2. The Morgan fingerprint density at radius 2 is 2.35 bits per heavy atom. The Morgan fingerprint density at radius 1 is 1.55 bits per heavy atom. The average Bonchev–Trinajstić information content (AvgIpc) is 2.93. The summed E-state index contributed by atoms with van der Waals surface area (Å²) < 4.78 is 5.43. The predicted molar refractivity (Wildman–Crippen MR) is 79.9 cm³/mol. The quantitative estimate of drug-likeness (QED) is 0.618. The van der Waals surface area contributed by atoms with Crippen molar-refractivity contribution in [3.8, 4) is 0 Å². The van der Waals surface area contributed by atoms with Crippen molar-refractivity contribution in [2.45, 2.75) is 25.9 Å². The van der Waals surface area contributed by atoms with Crippen LogP contribution in [0.1, 0.15) is 13.8 Å². The summed E-state index contributed by atoms with van der Waals surface area (Å²) in [4.78, 5) is 17.8. The molecule has 1 fully saturated rings. The Labute approximate surface area is 122 Å². The van der Waals surface area contributed by atoms with E-state index >= 15 is 0 Å². The van der Waals surface area contributed by atoms with E-state index in [4.69, 9.17) is 17.0 Å². The molecule has 0 aliphatic carbocycles. The molecule has 3 rings (SSSR count). The van der Waals surface area contributed by atoms with Gasteiger partial charge in [-0.25, -0.2) is 0 Å². The summed E-state index contributed by atoms with van der Waals surface area (Å²) in [6, 6.07) is 0.141. The summed E-state index contributed by atoms with van der Waals surface area (Å²) in [6.07, 6.45) is 9.28. The van der Waals surface area contributed by atoms with Crippen LogP contribution in [-0.2, 0) is 9.53 Å². The van der Waals surface area contributed by atoms with E-state index in [9.17, 15) is 4.79 Å². The Bertz CT molecular complexity index is 589. The van der Waals surface area contributed by atoms with Crippen molar-refractivity contribution in [1.82, 2.24) is 10.2 Å². The normalized spacial score (nSPS) is 29.9. The van der Waals surface area contributed by atoms with Crippen LogP contribution < -0.4 is 5.32 Å². The topological polar surface area (TPSA) is 53.9 Å². The molecular formula is C14H15N3O2S. The molecule has 0 saturated carbocycles. The molecule has 1 saturated heterocycles. The third-order valence-electron chi connectivity index (χ3n) is 3.48. The van der Waals surface area contributed by atoms with E-state index in [0.29, 0.717) is 0 Å². The molecule has 0 aromatic carbocycles. The van der Waals surface area contributed by atoms with Gasteiger partial charge in [0.05, 0.1) is 6.04 Å². The van der Waals surface area contributed by atoms with Crippen molar-refractivity contribution < 1.29 is 9.53 Å². The minimum absolute atomic E-state index is 0.00830. The van der Waals surface area contributed by atoms with Gasteiger partial charge < -0.3 is 10.1 Å². The minimum Gasteiger partial charge on any atom is -0.426 e. The number of ether oxygens (including phenoxy) is 1. The Balaban J connectivity index is 1.84. The fourth-order valence-corrected chi connectivity index (χ4v) is 2.85. The van der Waals surface area contributed by atoms with Crippen molar-refractivity contribution in [1.29, 1.82) is 0 Å². The van der Waals surface area contributed by atoms with Gasteiger partial charge >= 0.3 is 0 Å². The van der Waals surface area contributed by atoms with Gasteiger partial charge in [0.15, 0.2) is 5.76 Å². The lowest BCUT2D eigenvalue weighted by Crippen LogP contribution is -2.35. The number of hydrogen-bond acceptors (Lipinski definition) is 5. The molecule has 3 aliphatic heterocycles. The van der Waals surface area contributed by atoms with Crippen LogP contribution in [0.15, 0.2) is 40.9 Å². The van der Waals surface area contributed by atoms with Crippen LogP contribution in [0.5, 0.6) is 0 Å². The van der Waals surface area contributed by atoms with Crippen LogP contribution in [0.3, 0.4) is 0 Å². The second kappa shape index (κ2) is 4.86. The molecule has 0 aromatic heterocycles. The lowest BCUT2D eigenvalue weighted by atomic mass is 9.94. The second-order valence-electron chi connectivity index (χ2n) is 5.15. The van der Waals surface area contributed by atoms with Crippen LogP contribution in [0.2, 0.25) is 0 Å². The van der Waals surface area contributed by atoms with Crippen molar-refractivity contribution in [3.05, 3.63) is 35.9 Å². The van der Waals surface area contributed by atoms with Gasteiger partial charge in [-0.2, -0.15) is 0 Å². The highest BCUT2D eigenvalue weighted by molar-refractivity contribution is 7.80. The second-order valence-corrected chi connectivity index (χ2v) is 5.50. The van der Waals surface area contributed by atoms with Gasteiger partial charge in [-0.1, -0.05) is 6.08 Å². The number of amides is 1. The van der Waals surface area contributed by atoms with E-state index in [1.165, 1.54) is 4.90 Å². The lowest BCUT2D eigenvalue weighted by Gasteiger charge is -2.16. The van der Waals surface area contributed by atoms with Gasteiger partial charge in [0, 0.05) is 30.6 Å². The molecule has 1 N–H and O–H groups in total. The van der Waals surface area contributed by atoms with Crippen molar-refractivity contribution >= 4 is 29.5 Å². The number of rotatable bonds is 2. The van der Waals surface area contributed by atoms with Crippen LogP contribution in [0.4, 0.5) is 0 Å². The van der Waals surface area contributed by atoms with E-state index in [-0.39, 0.29) is 34.8 Å². The largest absolute Gasteiger partial charge is 0.426 e. The van der Waals surface area contributed by atoms with Crippen LogP contribution in [-0.4, -0.2) is 34.3 Å². The number of hydrogen-bond donors (Lipinski definition) is 1. The van der Waals surface area contributed by atoms with Crippen molar-refractivity contribution in [2.24, 2.45) is 10.9 Å². The molecular weight excluding hydrogens is 274 g/mol. The monoisotopic (exact) mass is 289 g/mol. The Morgan fingerprint density at radius 3 is 3.05 bits per heavy atom. The molecule has 2 unspecified atom stereocenters. The van der Waals surface area contributed by atoms with Crippen LogP contribution in [0.25, 0.3) is 0 Å². The maximum Gasteiger partial charge on any atom is 0.297 e. The number of carbonyl (C=O) groups is 1. The highest BCUT2D eigenvalue weighted by Crippen LogP contribution is 2.28. The summed E-state index contributed by atoms with van der Waals surface area (Å²) in [5.41, 5.74) is 0.995. The van der Waals surface area contributed by atoms with Crippen molar-refractivity contribution in [3.63, 3.8) is 0 Å². The van der Waals surface area contributed by atoms with E-state index in [0.717, 1.165) is 5.57 Å². The minimum atomic E-state index is -0.178. The van der Waals surface area contributed by atoms with E-state index in [1.807, 2.05) is 32.3 Å². The summed E-state index contributed by atoms with van der Waals surface area (Å²) in [6.45, 7) is 3.81. The molecule has 20 heavy (non-hydrogen) atoms. The lowest BCUT2D eigenvalue weighted by molar-refractivity contribution is -0.123. The van der Waals surface area contributed by atoms with Crippen LogP contribution >= 0.6 is 12.2 Å². The summed E-state index contributed by atoms with van der Waals surface area (Å²) in [5, 5.41) is 3.44. The number of aliphatic imine (C=N–C) groups is 1. The number of allylic oxidation sites excluding steroid dienone is 1. The van der Waals surface area contributed by atoms with Gasteiger partial charge in [-0.15, -0.1) is 0 Å². The smallest absolute Gasteiger partial charge is 0.297 e. The van der Waals surface area contributed by atoms with Gasteiger partial charge in [0.2, 0.25) is 0 Å². The van der Waals surface area contributed by atoms with E-state index in [1.54, 1.807) is 12.3 Å². The molecule has 5 nitrogen and oxygen atoms in total. The van der Waals surface area contributed by atoms with Gasteiger partial charge in [0.1, 0.15) is 0 Å². The molecule has 3 heterocycles. The molecule has 0 bridgehead atoms. The number of nitrogens with one attached hydrogen (secondary N) is 1. The zero-order valence-electron chi connectivity index (χ0n) is 11.2. The average molecular weight is 289 g/mol. The fourth-order valence-electron chi connectivity index (χ4n) is 2.47. The number of carbonyl (C=O) groups excluding carboxylic acids is 1. The van der Waals surface area contributed by atoms with Crippen molar-refractivity contribution in [2.75, 3.05) is 0 Å². The third kappa shape index (κ3) is 2.06. The molecule has 104 valence electrons. The van der Waals surface area contributed by atoms with Gasteiger partial charge in [0.25, 0.3) is 11.1 Å². The molecule has 2 atom stereocenters. The summed E-state index contributed by atoms with van der Waals surface area (Å²) in [5.74, 6) is 0.286. The predicted octanol–water partition coefficient (Wildman–Crippen LogP) is 1.49. The summed E-state index contributed by atoms with van der Waals surface area (Å²) in [7, 11) is 0. The fraction of sp³-hybridized carbons (Fsp3) is 0.357. The van der Waals surface area contributed by atoms with Gasteiger partial charge in [-0.3, -0.25) is 14.7 Å². The molecule has 0 spiro atoms. The zero-order valence-corrected chi connectivity index (χ0v) is 12.1. The SMILES string of the molecule is CC(C)N1C(=O)/C(=C/C2=CNC3C=NC=CC23)OC1=S. The van der Waals surface area contributed by atoms with E-state index < -0.39 is 0 Å². The zero-order chi connectivity index (χ0) is 14.3.